The van der Waals surface area contributed by atoms with E-state index in [0.29, 0.717) is 30.5 Å². The van der Waals surface area contributed by atoms with Crippen LogP contribution in [0.25, 0.3) is 0 Å². The second kappa shape index (κ2) is 12.4. The maximum Gasteiger partial charge on any atom is 0.422 e. The summed E-state index contributed by atoms with van der Waals surface area (Å²) in [5, 5.41) is 6.33. The Kier molecular flexibility index (Phi) is 10.6. The van der Waals surface area contributed by atoms with Gasteiger partial charge in [-0.1, -0.05) is 18.2 Å². The van der Waals surface area contributed by atoms with Crippen LogP contribution in [0.5, 0.6) is 17.2 Å². The molecule has 0 saturated carbocycles. The standard InChI is InChI=1S/C20H24F3N3O3.HI/c1-24-19(26-12-15-6-9-17(27-2)18(10-15)28-3)25-11-14-4-7-16(8-5-14)29-13-20(21,22)23;/h4-10H,11-13H2,1-3H3,(H2,24,25,26);1H. The normalized spacial score (nSPS) is 11.3. The zero-order chi connectivity index (χ0) is 21.3. The topological polar surface area (TPSA) is 64.1 Å². The average molecular weight is 539 g/mol. The quantitative estimate of drug-likeness (QED) is 0.300. The van der Waals surface area contributed by atoms with Crippen LogP contribution in [0.3, 0.4) is 0 Å². The summed E-state index contributed by atoms with van der Waals surface area (Å²) < 4.78 is 51.7. The molecule has 6 nitrogen and oxygen atoms in total. The molecule has 0 aliphatic carbocycles. The Balaban J connectivity index is 0.00000450. The first-order chi connectivity index (χ1) is 13.8. The fourth-order valence-electron chi connectivity index (χ4n) is 2.45. The van der Waals surface area contributed by atoms with Gasteiger partial charge in [0.2, 0.25) is 0 Å². The lowest BCUT2D eigenvalue weighted by Crippen LogP contribution is -2.36. The van der Waals surface area contributed by atoms with E-state index in [1.807, 2.05) is 18.2 Å². The van der Waals surface area contributed by atoms with Crippen LogP contribution >= 0.6 is 24.0 Å². The van der Waals surface area contributed by atoms with E-state index in [0.717, 1.165) is 11.1 Å². The predicted molar refractivity (Wildman–Crippen MR) is 120 cm³/mol. The van der Waals surface area contributed by atoms with E-state index < -0.39 is 12.8 Å². The first-order valence-electron chi connectivity index (χ1n) is 8.78. The Bertz CT molecular complexity index is 815. The summed E-state index contributed by atoms with van der Waals surface area (Å²) in [6.45, 7) is -0.341. The molecule has 0 aliphatic heterocycles. The third-order valence-electron chi connectivity index (χ3n) is 3.92. The number of benzene rings is 2. The average Bonchev–Trinajstić information content (AvgIpc) is 2.72. The summed E-state index contributed by atoms with van der Waals surface area (Å²) >= 11 is 0. The van der Waals surface area contributed by atoms with E-state index in [1.54, 1.807) is 33.4 Å². The Morgan fingerprint density at radius 2 is 1.47 bits per heavy atom. The lowest BCUT2D eigenvalue weighted by molar-refractivity contribution is -0.153. The van der Waals surface area contributed by atoms with Gasteiger partial charge < -0.3 is 24.8 Å². The molecule has 30 heavy (non-hydrogen) atoms. The van der Waals surface area contributed by atoms with Crippen molar-refractivity contribution in [3.8, 4) is 17.2 Å². The van der Waals surface area contributed by atoms with Crippen molar-refractivity contribution in [1.29, 1.82) is 0 Å². The maximum absolute atomic E-state index is 12.2. The van der Waals surface area contributed by atoms with Crippen LogP contribution in [0.2, 0.25) is 0 Å². The van der Waals surface area contributed by atoms with Gasteiger partial charge in [-0.3, -0.25) is 4.99 Å². The van der Waals surface area contributed by atoms with E-state index in [-0.39, 0.29) is 29.7 Å². The fourth-order valence-corrected chi connectivity index (χ4v) is 2.45. The van der Waals surface area contributed by atoms with Crippen LogP contribution in [0, 0.1) is 0 Å². The monoisotopic (exact) mass is 539 g/mol. The minimum Gasteiger partial charge on any atom is -0.493 e. The van der Waals surface area contributed by atoms with Crippen LogP contribution in [0.1, 0.15) is 11.1 Å². The molecule has 0 unspecified atom stereocenters. The van der Waals surface area contributed by atoms with Gasteiger partial charge in [0.05, 0.1) is 14.2 Å². The summed E-state index contributed by atoms with van der Waals surface area (Å²) in [5.74, 6) is 2.04. The molecule has 2 aromatic carbocycles. The Morgan fingerprint density at radius 1 is 0.900 bits per heavy atom. The van der Waals surface area contributed by atoms with E-state index in [9.17, 15) is 13.2 Å². The molecule has 2 rings (SSSR count). The molecule has 10 heteroatoms. The number of nitrogens with one attached hydrogen (secondary N) is 2. The summed E-state index contributed by atoms with van der Waals surface area (Å²) in [6, 6.07) is 12.0. The molecule has 0 bridgehead atoms. The predicted octanol–water partition coefficient (Wildman–Crippen LogP) is 4.13. The minimum atomic E-state index is -4.35. The molecule has 0 heterocycles. The van der Waals surface area contributed by atoms with Gasteiger partial charge in [-0.15, -0.1) is 24.0 Å². The second-order valence-corrected chi connectivity index (χ2v) is 6.02. The third-order valence-corrected chi connectivity index (χ3v) is 3.92. The number of hydrogen-bond acceptors (Lipinski definition) is 4. The van der Waals surface area contributed by atoms with Crippen molar-refractivity contribution in [3.05, 3.63) is 53.6 Å². The Labute approximate surface area is 190 Å². The summed E-state index contributed by atoms with van der Waals surface area (Å²) in [7, 11) is 4.81. The van der Waals surface area contributed by atoms with Crippen molar-refractivity contribution >= 4 is 29.9 Å². The molecular formula is C20H25F3IN3O3. The maximum atomic E-state index is 12.2. The van der Waals surface area contributed by atoms with E-state index in [2.05, 4.69) is 15.6 Å². The number of guanidine groups is 1. The summed E-state index contributed by atoms with van der Waals surface area (Å²) in [4.78, 5) is 4.16. The van der Waals surface area contributed by atoms with Crippen molar-refractivity contribution in [1.82, 2.24) is 10.6 Å². The van der Waals surface area contributed by atoms with Crippen LogP contribution in [-0.2, 0) is 13.1 Å². The van der Waals surface area contributed by atoms with Crippen molar-refractivity contribution in [2.24, 2.45) is 4.99 Å². The van der Waals surface area contributed by atoms with Gasteiger partial charge in [-0.25, -0.2) is 0 Å². The molecule has 0 aromatic heterocycles. The van der Waals surface area contributed by atoms with Crippen LogP contribution in [0.4, 0.5) is 13.2 Å². The van der Waals surface area contributed by atoms with Gasteiger partial charge in [-0.05, 0) is 35.4 Å². The molecule has 0 radical (unpaired) electrons. The summed E-state index contributed by atoms with van der Waals surface area (Å²) in [5.41, 5.74) is 1.86. The second-order valence-electron chi connectivity index (χ2n) is 6.02. The molecule has 0 saturated heterocycles. The van der Waals surface area contributed by atoms with E-state index in [1.165, 1.54) is 12.1 Å². The van der Waals surface area contributed by atoms with Crippen LogP contribution < -0.4 is 24.8 Å². The zero-order valence-electron chi connectivity index (χ0n) is 16.9. The van der Waals surface area contributed by atoms with Gasteiger partial charge in [0.1, 0.15) is 5.75 Å². The molecule has 2 N–H and O–H groups in total. The van der Waals surface area contributed by atoms with Gasteiger partial charge >= 0.3 is 6.18 Å². The smallest absolute Gasteiger partial charge is 0.422 e. The highest BCUT2D eigenvalue weighted by molar-refractivity contribution is 14.0. The number of methoxy groups -OCH3 is 2. The minimum absolute atomic E-state index is 0. The molecule has 0 amide bonds. The first kappa shape index (κ1) is 25.7. The number of rotatable bonds is 8. The third kappa shape index (κ3) is 8.56. The fraction of sp³-hybridized carbons (Fsp3) is 0.350. The van der Waals surface area contributed by atoms with Gasteiger partial charge in [0.15, 0.2) is 24.1 Å². The Hall–Kier alpha value is -2.37. The highest BCUT2D eigenvalue weighted by Crippen LogP contribution is 2.27. The number of halogens is 4. The molecule has 0 spiro atoms. The van der Waals surface area contributed by atoms with Crippen molar-refractivity contribution in [2.75, 3.05) is 27.9 Å². The first-order valence-corrected chi connectivity index (χ1v) is 8.78. The summed E-state index contributed by atoms with van der Waals surface area (Å²) in [6.07, 6.45) is -4.35. The molecule has 0 atom stereocenters. The lowest BCUT2D eigenvalue weighted by Gasteiger charge is -2.14. The molecular weight excluding hydrogens is 514 g/mol. The van der Waals surface area contributed by atoms with Crippen LogP contribution in [0.15, 0.2) is 47.5 Å². The lowest BCUT2D eigenvalue weighted by atomic mass is 10.2. The molecule has 0 aliphatic rings. The SMILES string of the molecule is CN=C(NCc1ccc(OCC(F)(F)F)cc1)NCc1ccc(OC)c(OC)c1.I. The zero-order valence-corrected chi connectivity index (χ0v) is 19.2. The molecule has 2 aromatic rings. The highest BCUT2D eigenvalue weighted by atomic mass is 127. The number of aliphatic imine (C=N–C) groups is 1. The van der Waals surface area contributed by atoms with Gasteiger partial charge in [0, 0.05) is 20.1 Å². The number of ether oxygens (including phenoxy) is 3. The number of hydrogen-bond donors (Lipinski definition) is 2. The number of alkyl halides is 3. The van der Waals surface area contributed by atoms with Gasteiger partial charge in [0.25, 0.3) is 0 Å². The highest BCUT2D eigenvalue weighted by Gasteiger charge is 2.28. The van der Waals surface area contributed by atoms with Crippen molar-refractivity contribution in [2.45, 2.75) is 19.3 Å². The largest absolute Gasteiger partial charge is 0.493 e. The van der Waals surface area contributed by atoms with Crippen molar-refractivity contribution in [3.63, 3.8) is 0 Å². The molecule has 0 fully saturated rings. The van der Waals surface area contributed by atoms with Crippen molar-refractivity contribution < 1.29 is 27.4 Å². The van der Waals surface area contributed by atoms with E-state index in [4.69, 9.17) is 14.2 Å². The number of nitrogens with zero attached hydrogens (tertiary/aromatic N) is 1. The Morgan fingerprint density at radius 3 is 2.00 bits per heavy atom. The van der Waals surface area contributed by atoms with Crippen LogP contribution in [-0.4, -0.2) is 40.0 Å². The van der Waals surface area contributed by atoms with Gasteiger partial charge in [-0.2, -0.15) is 13.2 Å². The molecule has 166 valence electrons. The van der Waals surface area contributed by atoms with E-state index >= 15 is 0 Å².